The molecule has 0 radical (unpaired) electrons. The molecule has 0 N–H and O–H groups in total. The van der Waals surface area contributed by atoms with E-state index in [2.05, 4.69) is 190 Å². The van der Waals surface area contributed by atoms with Crippen molar-refractivity contribution in [2.45, 2.75) is 136 Å². The first-order chi connectivity index (χ1) is 27.7. The largest absolute Gasteiger partial charge is 0.311 e. The lowest BCUT2D eigenvalue weighted by molar-refractivity contribution is 0.0924. The molecule has 4 unspecified atom stereocenters. The number of rotatable bonds is 3. The molecule has 5 aromatic rings. The molecular weight excluding hydrogens is 711 g/mol. The van der Waals surface area contributed by atoms with Gasteiger partial charge in [0.25, 0.3) is 6.71 Å². The third-order valence-electron chi connectivity index (χ3n) is 16.3. The Labute approximate surface area is 355 Å². The highest BCUT2D eigenvalue weighted by Gasteiger charge is 2.72. The van der Waals surface area contributed by atoms with Gasteiger partial charge in [0.2, 0.25) is 0 Å². The summed E-state index contributed by atoms with van der Waals surface area (Å²) in [6, 6.07) is 39.6. The Morgan fingerprint density at radius 1 is 0.458 bits per heavy atom. The van der Waals surface area contributed by atoms with Gasteiger partial charge < -0.3 is 9.80 Å². The van der Waals surface area contributed by atoms with Crippen molar-refractivity contribution in [2.75, 3.05) is 9.80 Å². The maximum atomic E-state index is 2.73. The average Bonchev–Trinajstić information content (AvgIpc) is 3.84. The van der Waals surface area contributed by atoms with Gasteiger partial charge in [-0.15, -0.1) is 0 Å². The first kappa shape index (κ1) is 37.7. The smallest absolute Gasteiger partial charge is 0.252 e. The Morgan fingerprint density at radius 3 is 1.22 bits per heavy atom. The van der Waals surface area contributed by atoms with Crippen molar-refractivity contribution in [1.29, 1.82) is 0 Å². The fourth-order valence-electron chi connectivity index (χ4n) is 13.3. The average molecular weight is 777 g/mol. The molecule has 5 fully saturated rings. The number of anilines is 6. The molecule has 0 amide bonds. The zero-order valence-electron chi connectivity index (χ0n) is 37.9. The van der Waals surface area contributed by atoms with Gasteiger partial charge in [-0.25, -0.2) is 0 Å². The van der Waals surface area contributed by atoms with Crippen LogP contribution in [0.2, 0.25) is 0 Å². The van der Waals surface area contributed by atoms with Crippen molar-refractivity contribution in [1.82, 2.24) is 0 Å². The van der Waals surface area contributed by atoms with Crippen LogP contribution < -0.4 is 26.2 Å². The summed E-state index contributed by atoms with van der Waals surface area (Å²) in [6.07, 6.45) is 5.62. The van der Waals surface area contributed by atoms with Gasteiger partial charge in [0, 0.05) is 34.1 Å². The van der Waals surface area contributed by atoms with E-state index in [1.165, 1.54) is 98.4 Å². The van der Waals surface area contributed by atoms with Crippen LogP contribution in [0.15, 0.2) is 97.1 Å². The number of fused-ring (bicyclic) bond motifs is 4. The highest BCUT2D eigenvalue weighted by molar-refractivity contribution is 7.00. The molecule has 4 bridgehead atoms. The van der Waals surface area contributed by atoms with E-state index < -0.39 is 0 Å². The third kappa shape index (κ3) is 5.57. The summed E-state index contributed by atoms with van der Waals surface area (Å²) < 4.78 is 0. The monoisotopic (exact) mass is 777 g/mol. The lowest BCUT2D eigenvalue weighted by atomic mass is 9.33. The maximum Gasteiger partial charge on any atom is 0.252 e. The standard InChI is InChI=1S/C56H65BN2/c1-52(2,3)35-13-19-40(20-14-35)58-45-23-17-37(54(7,8)9)26-43(45)57-44-27-38(55(10,11)12)18-24-46(44)59(41-21-15-36(16-22-41)53(4,5)6)48-29-39(28-47(58)51(48)57)56-30-33-25-34(31-56)50-42(32-56)49(33)50/h13-24,26-29,33-34,42,49-50H,25,30-32H2,1-12H3. The predicted octanol–water partition coefficient (Wildman–Crippen LogP) is 12.9. The fraction of sp³-hybridized carbons (Fsp3) is 0.464. The van der Waals surface area contributed by atoms with E-state index in [1.807, 2.05) is 0 Å². The minimum absolute atomic E-state index is 0.0211. The van der Waals surface area contributed by atoms with Gasteiger partial charge in [-0.05, 0) is 175 Å². The van der Waals surface area contributed by atoms with Crippen molar-refractivity contribution in [3.63, 3.8) is 0 Å². The van der Waals surface area contributed by atoms with Crippen LogP contribution >= 0.6 is 0 Å². The molecule has 12 rings (SSSR count). The maximum absolute atomic E-state index is 2.73. The topological polar surface area (TPSA) is 6.48 Å². The van der Waals surface area contributed by atoms with Crippen LogP contribution in [-0.2, 0) is 27.1 Å². The molecule has 0 saturated heterocycles. The number of hydrogen-bond acceptors (Lipinski definition) is 2. The van der Waals surface area contributed by atoms with Gasteiger partial charge in [0.15, 0.2) is 0 Å². The Morgan fingerprint density at radius 2 is 0.847 bits per heavy atom. The summed E-state index contributed by atoms with van der Waals surface area (Å²) in [4.78, 5) is 5.36. The van der Waals surface area contributed by atoms with Gasteiger partial charge in [0.1, 0.15) is 0 Å². The van der Waals surface area contributed by atoms with Crippen LogP contribution in [0.3, 0.4) is 0 Å². The molecule has 2 aliphatic heterocycles. The molecule has 3 heteroatoms. The summed E-state index contributed by atoms with van der Waals surface area (Å²) in [5, 5.41) is 0. The van der Waals surface area contributed by atoms with Gasteiger partial charge in [-0.3, -0.25) is 0 Å². The van der Waals surface area contributed by atoms with Crippen LogP contribution in [-0.4, -0.2) is 6.71 Å². The van der Waals surface area contributed by atoms with Crippen LogP contribution in [0.5, 0.6) is 0 Å². The molecule has 7 aliphatic rings. The van der Waals surface area contributed by atoms with Crippen LogP contribution in [0.4, 0.5) is 34.1 Å². The molecule has 302 valence electrons. The lowest BCUT2D eigenvalue weighted by Crippen LogP contribution is -2.62. The third-order valence-corrected chi connectivity index (χ3v) is 16.3. The van der Waals surface area contributed by atoms with Crippen molar-refractivity contribution >= 4 is 57.2 Å². The predicted molar refractivity (Wildman–Crippen MR) is 253 cm³/mol. The summed E-state index contributed by atoms with van der Waals surface area (Å²) in [5.74, 6) is 4.86. The van der Waals surface area contributed by atoms with Gasteiger partial charge >= 0.3 is 0 Å². The van der Waals surface area contributed by atoms with E-state index >= 15 is 0 Å². The van der Waals surface area contributed by atoms with E-state index in [-0.39, 0.29) is 33.8 Å². The second-order valence-electron chi connectivity index (χ2n) is 24.1. The normalized spacial score (nSPS) is 26.2. The van der Waals surface area contributed by atoms with Gasteiger partial charge in [-0.1, -0.05) is 132 Å². The van der Waals surface area contributed by atoms with Crippen molar-refractivity contribution in [2.24, 2.45) is 29.6 Å². The molecule has 0 spiro atoms. The van der Waals surface area contributed by atoms with Crippen molar-refractivity contribution in [3.05, 3.63) is 125 Å². The molecular formula is C56H65BN2. The number of benzene rings is 5. The van der Waals surface area contributed by atoms with E-state index in [9.17, 15) is 0 Å². The Bertz CT molecular complexity index is 2370. The Balaban J connectivity index is 1.23. The molecule has 2 heterocycles. The van der Waals surface area contributed by atoms with Crippen molar-refractivity contribution < 1.29 is 0 Å². The fourth-order valence-corrected chi connectivity index (χ4v) is 13.3. The van der Waals surface area contributed by atoms with E-state index in [1.54, 1.807) is 5.56 Å². The summed E-state index contributed by atoms with van der Waals surface area (Å²) in [7, 11) is 0. The zero-order valence-corrected chi connectivity index (χ0v) is 37.9. The second-order valence-corrected chi connectivity index (χ2v) is 24.1. The van der Waals surface area contributed by atoms with E-state index in [0.29, 0.717) is 0 Å². The Kier molecular flexibility index (Phi) is 7.67. The minimum Gasteiger partial charge on any atom is -0.311 e. The SMILES string of the molecule is CC(C)(C)c1ccc(N2c3ccc(C(C)(C)C)cc3B3c4cc(C(C)(C)C)ccc4N(c4ccc(C(C)(C)C)cc4)c4cc(C56CC7CC(C5)C5C(C6)C75)cc2c43)cc1. The lowest BCUT2D eigenvalue weighted by Gasteiger charge is -2.51. The first-order valence-corrected chi connectivity index (χ1v) is 23.0. The highest BCUT2D eigenvalue weighted by Crippen LogP contribution is 2.78. The molecule has 4 atom stereocenters. The minimum atomic E-state index is 0.0211. The first-order valence-electron chi connectivity index (χ1n) is 23.0. The summed E-state index contributed by atoms with van der Waals surface area (Å²) in [5.41, 5.74) is 19.8. The zero-order chi connectivity index (χ0) is 41.3. The summed E-state index contributed by atoms with van der Waals surface area (Å²) in [6.45, 7) is 28.3. The van der Waals surface area contributed by atoms with Crippen LogP contribution in [0.1, 0.15) is 137 Å². The molecule has 5 aromatic carbocycles. The number of hydrogen-bond donors (Lipinski definition) is 0. The Hall–Kier alpha value is -4.24. The van der Waals surface area contributed by atoms with Crippen LogP contribution in [0, 0.1) is 29.6 Å². The van der Waals surface area contributed by atoms with Crippen LogP contribution in [0.25, 0.3) is 0 Å². The highest BCUT2D eigenvalue weighted by atomic mass is 15.2. The molecule has 2 nitrogen and oxygen atoms in total. The molecule has 5 aliphatic carbocycles. The second kappa shape index (κ2) is 12.0. The molecule has 5 saturated carbocycles. The summed E-state index contributed by atoms with van der Waals surface area (Å²) >= 11 is 0. The van der Waals surface area contributed by atoms with Gasteiger partial charge in [-0.2, -0.15) is 0 Å². The van der Waals surface area contributed by atoms with Crippen molar-refractivity contribution in [3.8, 4) is 0 Å². The number of nitrogens with zero attached hydrogens (tertiary/aromatic N) is 2. The van der Waals surface area contributed by atoms with E-state index in [0.717, 1.165) is 29.6 Å². The van der Waals surface area contributed by atoms with Gasteiger partial charge in [0.05, 0.1) is 0 Å². The molecule has 0 aromatic heterocycles. The molecule has 59 heavy (non-hydrogen) atoms. The van der Waals surface area contributed by atoms with E-state index in [4.69, 9.17) is 0 Å². The quantitative estimate of drug-likeness (QED) is 0.165.